The van der Waals surface area contributed by atoms with Crippen LogP contribution in [0.4, 0.5) is 0 Å². The van der Waals surface area contributed by atoms with Gasteiger partial charge in [-0.15, -0.1) is 0 Å². The summed E-state index contributed by atoms with van der Waals surface area (Å²) >= 11 is 0. The fourth-order valence-corrected chi connectivity index (χ4v) is 2.77. The average molecular weight is 375 g/mol. The van der Waals surface area contributed by atoms with E-state index in [1.165, 1.54) is 6.92 Å². The van der Waals surface area contributed by atoms with Crippen molar-refractivity contribution < 1.29 is 29.4 Å². The molecule has 0 saturated heterocycles. The lowest BCUT2D eigenvalue weighted by Gasteiger charge is -2.16. The summed E-state index contributed by atoms with van der Waals surface area (Å²) in [7, 11) is 0. The highest BCUT2D eigenvalue weighted by atomic mass is 16.4. The molecular weight excluding hydrogens is 354 g/mol. The molecule has 5 N–H and O–H groups in total. The van der Waals surface area contributed by atoms with Crippen LogP contribution in [-0.2, 0) is 25.6 Å². The topological polar surface area (TPSA) is 149 Å². The molecule has 1 aromatic carbocycles. The normalized spacial score (nSPS) is 12.9. The number of hydrogen-bond acceptors (Lipinski definition) is 4. The van der Waals surface area contributed by atoms with Gasteiger partial charge in [0.25, 0.3) is 0 Å². The maximum absolute atomic E-state index is 12.1. The van der Waals surface area contributed by atoms with E-state index in [1.807, 2.05) is 24.3 Å². The Kier molecular flexibility index (Phi) is 6.53. The van der Waals surface area contributed by atoms with Crippen molar-refractivity contribution in [3.05, 3.63) is 36.0 Å². The summed E-state index contributed by atoms with van der Waals surface area (Å²) in [5.74, 6) is -3.57. The number of rotatable bonds is 9. The van der Waals surface area contributed by atoms with Gasteiger partial charge in [0, 0.05) is 36.9 Å². The number of carbonyl (C=O) groups excluding carboxylic acids is 2. The molecule has 0 saturated carbocycles. The molecule has 2 atom stereocenters. The van der Waals surface area contributed by atoms with Crippen LogP contribution in [0.3, 0.4) is 0 Å². The largest absolute Gasteiger partial charge is 0.480 e. The maximum Gasteiger partial charge on any atom is 0.326 e. The number of carbonyl (C=O) groups is 4. The number of hydrogen-bond donors (Lipinski definition) is 5. The standard InChI is InChI=1S/C18H21N3O6/c1-10(22)20-14(17(24)25)6-7-16(23)21-15(18(26)27)8-11-9-19-13-5-3-2-4-12(11)13/h2-5,9,14-15,19H,6-8H2,1H3,(H,20,22)(H,21,23)(H,24,25)(H,26,27). The Balaban J connectivity index is 1.99. The van der Waals surface area contributed by atoms with E-state index in [-0.39, 0.29) is 19.3 Å². The van der Waals surface area contributed by atoms with Crippen LogP contribution in [0.2, 0.25) is 0 Å². The van der Waals surface area contributed by atoms with E-state index in [1.54, 1.807) is 6.20 Å². The zero-order chi connectivity index (χ0) is 20.0. The predicted molar refractivity (Wildman–Crippen MR) is 96.0 cm³/mol. The third kappa shape index (κ3) is 5.56. The molecule has 9 heteroatoms. The van der Waals surface area contributed by atoms with Crippen LogP contribution in [0.15, 0.2) is 30.5 Å². The van der Waals surface area contributed by atoms with E-state index in [2.05, 4.69) is 15.6 Å². The zero-order valence-corrected chi connectivity index (χ0v) is 14.7. The molecule has 0 aliphatic carbocycles. The van der Waals surface area contributed by atoms with Crippen LogP contribution in [0.25, 0.3) is 10.9 Å². The third-order valence-electron chi connectivity index (χ3n) is 4.07. The molecule has 2 rings (SSSR count). The average Bonchev–Trinajstić information content (AvgIpc) is 3.00. The Morgan fingerprint density at radius 3 is 2.33 bits per heavy atom. The number of para-hydroxylation sites is 1. The quantitative estimate of drug-likeness (QED) is 0.434. The van der Waals surface area contributed by atoms with Gasteiger partial charge in [-0.3, -0.25) is 9.59 Å². The number of carboxylic acids is 2. The van der Waals surface area contributed by atoms with E-state index in [9.17, 15) is 24.3 Å². The molecular formula is C18H21N3O6. The molecule has 1 aromatic heterocycles. The third-order valence-corrected chi connectivity index (χ3v) is 4.07. The van der Waals surface area contributed by atoms with Gasteiger partial charge in [0.15, 0.2) is 0 Å². The first-order chi connectivity index (χ1) is 12.8. The molecule has 2 aromatic rings. The second-order valence-corrected chi connectivity index (χ2v) is 6.15. The van der Waals surface area contributed by atoms with Gasteiger partial charge in [-0.2, -0.15) is 0 Å². The lowest BCUT2D eigenvalue weighted by Crippen LogP contribution is -2.44. The summed E-state index contributed by atoms with van der Waals surface area (Å²) in [6.07, 6.45) is 1.41. The minimum absolute atomic E-state index is 0.0825. The van der Waals surface area contributed by atoms with Crippen molar-refractivity contribution in [1.29, 1.82) is 0 Å². The van der Waals surface area contributed by atoms with Crippen LogP contribution >= 0.6 is 0 Å². The van der Waals surface area contributed by atoms with Gasteiger partial charge >= 0.3 is 11.9 Å². The van der Waals surface area contributed by atoms with Gasteiger partial charge < -0.3 is 25.8 Å². The Morgan fingerprint density at radius 1 is 1.04 bits per heavy atom. The summed E-state index contributed by atoms with van der Waals surface area (Å²) in [6, 6.07) is 5.05. The van der Waals surface area contributed by atoms with Gasteiger partial charge in [0.2, 0.25) is 11.8 Å². The minimum Gasteiger partial charge on any atom is -0.480 e. The molecule has 1 heterocycles. The molecule has 0 aliphatic heterocycles. The first-order valence-corrected chi connectivity index (χ1v) is 8.35. The van der Waals surface area contributed by atoms with Crippen molar-refractivity contribution in [2.24, 2.45) is 0 Å². The number of aliphatic carboxylic acids is 2. The number of aromatic amines is 1. The number of aromatic nitrogens is 1. The van der Waals surface area contributed by atoms with Crippen molar-refractivity contribution in [1.82, 2.24) is 15.6 Å². The molecule has 2 unspecified atom stereocenters. The van der Waals surface area contributed by atoms with Crippen LogP contribution in [0.5, 0.6) is 0 Å². The number of benzene rings is 1. The molecule has 27 heavy (non-hydrogen) atoms. The van der Waals surface area contributed by atoms with Gasteiger partial charge in [-0.25, -0.2) is 9.59 Å². The predicted octanol–water partition coefficient (Wildman–Crippen LogP) is 0.649. The van der Waals surface area contributed by atoms with Gasteiger partial charge in [0.1, 0.15) is 12.1 Å². The monoisotopic (exact) mass is 375 g/mol. The fraction of sp³-hybridized carbons (Fsp3) is 0.333. The second-order valence-electron chi connectivity index (χ2n) is 6.15. The molecule has 0 aliphatic rings. The first-order valence-electron chi connectivity index (χ1n) is 8.35. The summed E-state index contributed by atoms with van der Waals surface area (Å²) in [6.45, 7) is 1.18. The summed E-state index contributed by atoms with van der Waals surface area (Å²) in [4.78, 5) is 48.7. The van der Waals surface area contributed by atoms with Crippen molar-refractivity contribution in [3.63, 3.8) is 0 Å². The van der Waals surface area contributed by atoms with Crippen LogP contribution in [0.1, 0.15) is 25.3 Å². The van der Waals surface area contributed by atoms with Crippen LogP contribution < -0.4 is 10.6 Å². The number of carboxylic acid groups (broad SMARTS) is 2. The van der Waals surface area contributed by atoms with Crippen molar-refractivity contribution in [2.45, 2.75) is 38.3 Å². The summed E-state index contributed by atoms with van der Waals surface area (Å²) in [5.41, 5.74) is 1.61. The van der Waals surface area contributed by atoms with E-state index >= 15 is 0 Å². The lowest BCUT2D eigenvalue weighted by atomic mass is 10.0. The minimum atomic E-state index is -1.26. The van der Waals surface area contributed by atoms with Crippen molar-refractivity contribution in [3.8, 4) is 0 Å². The fourth-order valence-electron chi connectivity index (χ4n) is 2.77. The van der Waals surface area contributed by atoms with Crippen LogP contribution in [-0.4, -0.2) is 51.0 Å². The summed E-state index contributed by atoms with van der Waals surface area (Å²) < 4.78 is 0. The lowest BCUT2D eigenvalue weighted by molar-refractivity contribution is -0.143. The number of amides is 2. The SMILES string of the molecule is CC(=O)NC(CCC(=O)NC(Cc1c[nH]c2ccccc12)C(=O)O)C(=O)O. The van der Waals surface area contributed by atoms with Crippen LogP contribution in [0, 0.1) is 0 Å². The van der Waals surface area contributed by atoms with E-state index in [0.29, 0.717) is 0 Å². The first kappa shape index (κ1) is 20.0. The van der Waals surface area contributed by atoms with E-state index in [0.717, 1.165) is 16.5 Å². The zero-order valence-electron chi connectivity index (χ0n) is 14.7. The van der Waals surface area contributed by atoms with E-state index in [4.69, 9.17) is 5.11 Å². The smallest absolute Gasteiger partial charge is 0.326 e. The molecule has 0 fully saturated rings. The molecule has 2 amide bonds. The Morgan fingerprint density at radius 2 is 1.70 bits per heavy atom. The number of H-pyrrole nitrogens is 1. The number of nitrogens with one attached hydrogen (secondary N) is 3. The second kappa shape index (κ2) is 8.84. The Hall–Kier alpha value is -3.36. The molecule has 0 spiro atoms. The highest BCUT2D eigenvalue weighted by molar-refractivity contribution is 5.87. The Labute approximate surface area is 154 Å². The Bertz CT molecular complexity index is 860. The van der Waals surface area contributed by atoms with Crippen molar-refractivity contribution >= 4 is 34.7 Å². The van der Waals surface area contributed by atoms with Crippen molar-refractivity contribution in [2.75, 3.05) is 0 Å². The van der Waals surface area contributed by atoms with Gasteiger partial charge in [-0.1, -0.05) is 18.2 Å². The molecule has 0 radical (unpaired) electrons. The maximum atomic E-state index is 12.1. The molecule has 9 nitrogen and oxygen atoms in total. The molecule has 0 bridgehead atoms. The van der Waals surface area contributed by atoms with Gasteiger partial charge in [0.05, 0.1) is 0 Å². The number of fused-ring (bicyclic) bond motifs is 1. The summed E-state index contributed by atoms with van der Waals surface area (Å²) in [5, 5.41) is 23.9. The highest BCUT2D eigenvalue weighted by Gasteiger charge is 2.24. The van der Waals surface area contributed by atoms with Gasteiger partial charge in [-0.05, 0) is 18.1 Å². The molecule has 144 valence electrons. The highest BCUT2D eigenvalue weighted by Crippen LogP contribution is 2.19. The van der Waals surface area contributed by atoms with E-state index < -0.39 is 35.8 Å².